The third-order valence-electron chi connectivity index (χ3n) is 3.94. The van der Waals surface area contributed by atoms with E-state index in [0.717, 1.165) is 17.8 Å². The highest BCUT2D eigenvalue weighted by atomic mass is 32.2. The first-order valence-corrected chi connectivity index (χ1v) is 7.78. The summed E-state index contributed by atoms with van der Waals surface area (Å²) in [4.78, 5) is 0. The normalized spacial score (nSPS) is 37.0. The standard InChI is InChI=1S/C13H25NS/c1-11-3-2-4-12(7-11)8-14-9-13-5-6-15-10-13/h11-14H,2-10H2,1H3. The van der Waals surface area contributed by atoms with Crippen molar-refractivity contribution >= 4 is 11.8 Å². The molecule has 0 amide bonds. The molecule has 0 bridgehead atoms. The van der Waals surface area contributed by atoms with E-state index in [2.05, 4.69) is 24.0 Å². The minimum absolute atomic E-state index is 0.969. The third kappa shape index (κ3) is 3.99. The van der Waals surface area contributed by atoms with Gasteiger partial charge in [-0.3, -0.25) is 0 Å². The molecule has 2 aliphatic rings. The predicted molar refractivity (Wildman–Crippen MR) is 69.4 cm³/mol. The number of nitrogens with one attached hydrogen (secondary N) is 1. The van der Waals surface area contributed by atoms with E-state index in [4.69, 9.17) is 0 Å². The van der Waals surface area contributed by atoms with Crippen molar-refractivity contribution in [1.29, 1.82) is 0 Å². The lowest BCUT2D eigenvalue weighted by atomic mass is 9.82. The Morgan fingerprint density at radius 2 is 2.00 bits per heavy atom. The Labute approximate surface area is 98.8 Å². The summed E-state index contributed by atoms with van der Waals surface area (Å²) in [6, 6.07) is 0. The highest BCUT2D eigenvalue weighted by molar-refractivity contribution is 7.99. The SMILES string of the molecule is CC1CCCC(CNCC2CCSC2)C1. The molecule has 1 nitrogen and oxygen atoms in total. The van der Waals surface area contributed by atoms with Gasteiger partial charge >= 0.3 is 0 Å². The van der Waals surface area contributed by atoms with Crippen LogP contribution in [0.1, 0.15) is 39.0 Å². The molecule has 0 aromatic heterocycles. The molecule has 1 saturated heterocycles. The van der Waals surface area contributed by atoms with Gasteiger partial charge in [0.15, 0.2) is 0 Å². The van der Waals surface area contributed by atoms with Gasteiger partial charge in [0.1, 0.15) is 0 Å². The fourth-order valence-electron chi connectivity index (χ4n) is 2.98. The summed E-state index contributed by atoms with van der Waals surface area (Å²) in [7, 11) is 0. The topological polar surface area (TPSA) is 12.0 Å². The molecule has 3 unspecified atom stereocenters. The third-order valence-corrected chi connectivity index (χ3v) is 5.17. The minimum Gasteiger partial charge on any atom is -0.316 e. The molecule has 0 aromatic rings. The van der Waals surface area contributed by atoms with Crippen LogP contribution < -0.4 is 5.32 Å². The molecule has 1 heterocycles. The van der Waals surface area contributed by atoms with Crippen molar-refractivity contribution in [2.45, 2.75) is 39.0 Å². The van der Waals surface area contributed by atoms with Crippen LogP contribution in [-0.4, -0.2) is 24.6 Å². The zero-order chi connectivity index (χ0) is 10.5. The van der Waals surface area contributed by atoms with Crippen LogP contribution in [0.4, 0.5) is 0 Å². The first kappa shape index (κ1) is 11.8. The highest BCUT2D eigenvalue weighted by Gasteiger charge is 2.19. The molecule has 0 spiro atoms. The van der Waals surface area contributed by atoms with E-state index in [9.17, 15) is 0 Å². The maximum Gasteiger partial charge on any atom is -0.00122 e. The Hall–Kier alpha value is 0.310. The number of hydrogen-bond acceptors (Lipinski definition) is 2. The average Bonchev–Trinajstić information content (AvgIpc) is 2.71. The van der Waals surface area contributed by atoms with Crippen LogP contribution in [0.5, 0.6) is 0 Å². The van der Waals surface area contributed by atoms with E-state index in [-0.39, 0.29) is 0 Å². The first-order valence-electron chi connectivity index (χ1n) is 6.63. The fourth-order valence-corrected chi connectivity index (χ4v) is 4.27. The lowest BCUT2D eigenvalue weighted by Gasteiger charge is -2.27. The quantitative estimate of drug-likeness (QED) is 0.792. The Bertz CT molecular complexity index is 177. The lowest BCUT2D eigenvalue weighted by Crippen LogP contribution is -2.30. The van der Waals surface area contributed by atoms with Crippen molar-refractivity contribution in [3.05, 3.63) is 0 Å². The van der Waals surface area contributed by atoms with Crippen molar-refractivity contribution in [1.82, 2.24) is 5.32 Å². The summed E-state index contributed by atoms with van der Waals surface area (Å²) in [6.07, 6.45) is 7.31. The highest BCUT2D eigenvalue weighted by Crippen LogP contribution is 2.28. The molecule has 1 N–H and O–H groups in total. The molecule has 88 valence electrons. The summed E-state index contributed by atoms with van der Waals surface area (Å²) in [6.45, 7) is 4.98. The van der Waals surface area contributed by atoms with Crippen molar-refractivity contribution in [2.24, 2.45) is 17.8 Å². The van der Waals surface area contributed by atoms with E-state index in [1.807, 2.05) is 0 Å². The lowest BCUT2D eigenvalue weighted by molar-refractivity contribution is 0.271. The first-order chi connectivity index (χ1) is 7.34. The summed E-state index contributed by atoms with van der Waals surface area (Å²) >= 11 is 2.13. The second-order valence-electron chi connectivity index (χ2n) is 5.53. The smallest absolute Gasteiger partial charge is 0.00122 e. The fraction of sp³-hybridized carbons (Fsp3) is 1.00. The maximum absolute atomic E-state index is 3.70. The number of thioether (sulfide) groups is 1. The van der Waals surface area contributed by atoms with E-state index in [1.54, 1.807) is 0 Å². The van der Waals surface area contributed by atoms with Crippen LogP contribution in [0, 0.1) is 17.8 Å². The van der Waals surface area contributed by atoms with Gasteiger partial charge in [-0.2, -0.15) is 11.8 Å². The van der Waals surface area contributed by atoms with Gasteiger partial charge in [-0.25, -0.2) is 0 Å². The molecular formula is C13H25NS. The minimum atomic E-state index is 0.969. The second-order valence-corrected chi connectivity index (χ2v) is 6.68. The molecule has 2 heteroatoms. The van der Waals surface area contributed by atoms with Gasteiger partial charge in [0.2, 0.25) is 0 Å². The zero-order valence-corrected chi connectivity index (χ0v) is 10.8. The summed E-state index contributed by atoms with van der Waals surface area (Å²) in [5.74, 6) is 5.72. The molecule has 0 radical (unpaired) electrons. The van der Waals surface area contributed by atoms with Gasteiger partial charge in [-0.05, 0) is 61.6 Å². The summed E-state index contributed by atoms with van der Waals surface area (Å²) < 4.78 is 0. The monoisotopic (exact) mass is 227 g/mol. The van der Waals surface area contributed by atoms with Crippen LogP contribution in [-0.2, 0) is 0 Å². The van der Waals surface area contributed by atoms with Crippen LogP contribution in [0.2, 0.25) is 0 Å². The zero-order valence-electron chi connectivity index (χ0n) is 10.0. The summed E-state index contributed by atoms with van der Waals surface area (Å²) in [5, 5.41) is 3.70. The van der Waals surface area contributed by atoms with Gasteiger partial charge in [-0.1, -0.05) is 19.8 Å². The molecule has 2 fully saturated rings. The van der Waals surface area contributed by atoms with Crippen LogP contribution >= 0.6 is 11.8 Å². The Morgan fingerprint density at radius 1 is 1.13 bits per heavy atom. The summed E-state index contributed by atoms with van der Waals surface area (Å²) in [5.41, 5.74) is 0. The van der Waals surface area contributed by atoms with E-state index in [0.29, 0.717) is 0 Å². The van der Waals surface area contributed by atoms with Crippen molar-refractivity contribution in [3.8, 4) is 0 Å². The number of hydrogen-bond donors (Lipinski definition) is 1. The van der Waals surface area contributed by atoms with Gasteiger partial charge in [0.05, 0.1) is 0 Å². The Morgan fingerprint density at radius 3 is 2.73 bits per heavy atom. The van der Waals surface area contributed by atoms with E-state index in [1.165, 1.54) is 56.7 Å². The molecule has 1 saturated carbocycles. The van der Waals surface area contributed by atoms with Crippen molar-refractivity contribution < 1.29 is 0 Å². The van der Waals surface area contributed by atoms with Crippen molar-refractivity contribution in [2.75, 3.05) is 24.6 Å². The van der Waals surface area contributed by atoms with Crippen LogP contribution in [0.3, 0.4) is 0 Å². The molecule has 3 atom stereocenters. The van der Waals surface area contributed by atoms with Gasteiger partial charge < -0.3 is 5.32 Å². The second kappa shape index (κ2) is 6.15. The van der Waals surface area contributed by atoms with E-state index >= 15 is 0 Å². The number of rotatable bonds is 4. The predicted octanol–water partition coefficient (Wildman–Crippen LogP) is 3.16. The Kier molecular flexibility index (Phi) is 4.83. The maximum atomic E-state index is 3.70. The molecule has 1 aliphatic heterocycles. The van der Waals surface area contributed by atoms with Gasteiger partial charge in [0, 0.05) is 0 Å². The van der Waals surface area contributed by atoms with Crippen LogP contribution in [0.15, 0.2) is 0 Å². The van der Waals surface area contributed by atoms with Gasteiger partial charge in [-0.15, -0.1) is 0 Å². The molecular weight excluding hydrogens is 202 g/mol. The molecule has 0 aromatic carbocycles. The molecule has 2 rings (SSSR count). The molecule has 1 aliphatic carbocycles. The molecule has 15 heavy (non-hydrogen) atoms. The van der Waals surface area contributed by atoms with Gasteiger partial charge in [0.25, 0.3) is 0 Å². The van der Waals surface area contributed by atoms with Crippen LogP contribution in [0.25, 0.3) is 0 Å². The largest absolute Gasteiger partial charge is 0.316 e. The van der Waals surface area contributed by atoms with E-state index < -0.39 is 0 Å². The Balaban J connectivity index is 1.56. The van der Waals surface area contributed by atoms with Crippen molar-refractivity contribution in [3.63, 3.8) is 0 Å². The average molecular weight is 227 g/mol.